The summed E-state index contributed by atoms with van der Waals surface area (Å²) in [5.74, 6) is 1.51. The van der Waals surface area contributed by atoms with Crippen molar-refractivity contribution >= 4 is 18.0 Å². The highest BCUT2D eigenvalue weighted by Crippen LogP contribution is 2.55. The highest BCUT2D eigenvalue weighted by atomic mass is 31.2. The van der Waals surface area contributed by atoms with Crippen LogP contribution in [0.15, 0.2) is 46.7 Å². The fourth-order valence-corrected chi connectivity index (χ4v) is 6.40. The van der Waals surface area contributed by atoms with Crippen molar-refractivity contribution in [3.8, 4) is 11.5 Å². The fraction of sp³-hybridized carbons (Fsp3) is 0.400. The second kappa shape index (κ2) is 6.41. The standard InChI is InChI=1S/C20H23N4O3P/c1-12-4-6-15-17(10-12)28(25,18-11-13(2)5-7-16(18)26-15)27-24-20-19(22-23-24)14(3)8-9-21-20/h4-7,10-11,14,19-21H,8-9H2,1-3H3. The lowest BCUT2D eigenvalue weighted by atomic mass is 9.93. The van der Waals surface area contributed by atoms with Gasteiger partial charge in [0.25, 0.3) is 7.37 Å². The number of fused-ring (bicyclic) bond motifs is 3. The van der Waals surface area contributed by atoms with Gasteiger partial charge in [0.05, 0.1) is 10.6 Å². The Morgan fingerprint density at radius 2 is 1.79 bits per heavy atom. The second-order valence-electron chi connectivity index (χ2n) is 7.84. The molecule has 0 radical (unpaired) electrons. The maximum absolute atomic E-state index is 14.4. The average Bonchev–Trinajstić information content (AvgIpc) is 3.08. The number of hydroxylamine groups is 1. The van der Waals surface area contributed by atoms with Crippen LogP contribution in [-0.2, 0) is 9.19 Å². The first-order valence-corrected chi connectivity index (χ1v) is 11.2. The molecule has 3 aliphatic heterocycles. The lowest BCUT2D eigenvalue weighted by Crippen LogP contribution is -2.53. The summed E-state index contributed by atoms with van der Waals surface area (Å²) in [4.78, 5) is 0. The van der Waals surface area contributed by atoms with E-state index in [2.05, 4.69) is 22.6 Å². The van der Waals surface area contributed by atoms with Crippen LogP contribution in [0.1, 0.15) is 24.5 Å². The van der Waals surface area contributed by atoms with Gasteiger partial charge in [0.2, 0.25) is 0 Å². The Morgan fingerprint density at radius 3 is 2.43 bits per heavy atom. The minimum absolute atomic E-state index is 0.00431. The van der Waals surface area contributed by atoms with Crippen LogP contribution >= 0.6 is 7.37 Å². The molecule has 3 heterocycles. The number of aryl methyl sites for hydroxylation is 2. The fourth-order valence-electron chi connectivity index (χ4n) is 4.02. The quantitative estimate of drug-likeness (QED) is 0.783. The van der Waals surface area contributed by atoms with Crippen molar-refractivity contribution < 1.29 is 13.9 Å². The SMILES string of the molecule is Cc1ccc2c(c1)P(=O)(ON1N=NC3C(C)CCNC31)c1cc(C)ccc1O2. The van der Waals surface area contributed by atoms with Crippen molar-refractivity contribution in [1.29, 1.82) is 0 Å². The maximum Gasteiger partial charge on any atom is 0.292 e. The molecule has 1 fully saturated rings. The largest absolute Gasteiger partial charge is 0.456 e. The molecule has 0 bridgehead atoms. The van der Waals surface area contributed by atoms with E-state index < -0.39 is 7.37 Å². The van der Waals surface area contributed by atoms with E-state index in [1.165, 1.54) is 5.17 Å². The Labute approximate surface area is 164 Å². The third-order valence-corrected chi connectivity index (χ3v) is 8.02. The van der Waals surface area contributed by atoms with Crippen LogP contribution in [0.2, 0.25) is 0 Å². The van der Waals surface area contributed by atoms with Gasteiger partial charge in [-0.15, -0.1) is 5.17 Å². The third-order valence-electron chi connectivity index (χ3n) is 5.65. The molecule has 0 aromatic heterocycles. The number of rotatable bonds is 2. The summed E-state index contributed by atoms with van der Waals surface area (Å²) < 4.78 is 26.7. The summed E-state index contributed by atoms with van der Waals surface area (Å²) in [6.07, 6.45) is 0.822. The number of hydrogen-bond acceptors (Lipinski definition) is 7. The zero-order valence-electron chi connectivity index (χ0n) is 16.1. The van der Waals surface area contributed by atoms with Gasteiger partial charge >= 0.3 is 0 Å². The summed E-state index contributed by atoms with van der Waals surface area (Å²) in [7, 11) is -3.47. The third kappa shape index (κ3) is 2.69. The van der Waals surface area contributed by atoms with Gasteiger partial charge in [-0.25, -0.2) is 0 Å². The van der Waals surface area contributed by atoms with E-state index in [-0.39, 0.29) is 12.2 Å². The van der Waals surface area contributed by atoms with E-state index in [0.29, 0.717) is 28.0 Å². The molecule has 0 saturated carbocycles. The van der Waals surface area contributed by atoms with E-state index in [0.717, 1.165) is 24.1 Å². The Bertz CT molecular complexity index is 969. The number of nitrogens with one attached hydrogen (secondary N) is 1. The van der Waals surface area contributed by atoms with E-state index in [9.17, 15) is 4.57 Å². The Hall–Kier alpha value is -2.21. The molecule has 0 amide bonds. The molecule has 0 aliphatic carbocycles. The molecule has 3 atom stereocenters. The normalized spacial score (nSPS) is 27.0. The van der Waals surface area contributed by atoms with Crippen LogP contribution in [-0.4, -0.2) is 23.9 Å². The van der Waals surface area contributed by atoms with Gasteiger partial charge in [0.1, 0.15) is 17.5 Å². The summed E-state index contributed by atoms with van der Waals surface area (Å²) in [5, 5.41) is 14.5. The zero-order valence-corrected chi connectivity index (χ0v) is 17.0. The molecule has 7 nitrogen and oxygen atoms in total. The van der Waals surface area contributed by atoms with E-state index in [1.54, 1.807) is 0 Å². The van der Waals surface area contributed by atoms with Crippen LogP contribution in [0.4, 0.5) is 0 Å². The highest BCUT2D eigenvalue weighted by molar-refractivity contribution is 7.74. The molecular weight excluding hydrogens is 375 g/mol. The van der Waals surface area contributed by atoms with Crippen molar-refractivity contribution in [1.82, 2.24) is 10.5 Å². The molecule has 2 aromatic carbocycles. The zero-order chi connectivity index (χ0) is 19.5. The van der Waals surface area contributed by atoms with Crippen LogP contribution in [0, 0.1) is 19.8 Å². The molecule has 5 rings (SSSR count). The smallest absolute Gasteiger partial charge is 0.292 e. The molecule has 3 unspecified atom stereocenters. The molecule has 8 heteroatoms. The van der Waals surface area contributed by atoms with Gasteiger partial charge in [-0.3, -0.25) is 9.88 Å². The Balaban J connectivity index is 1.60. The maximum atomic E-state index is 14.4. The lowest BCUT2D eigenvalue weighted by molar-refractivity contribution is -0.0986. The molecule has 28 heavy (non-hydrogen) atoms. The predicted octanol–water partition coefficient (Wildman–Crippen LogP) is 3.58. The van der Waals surface area contributed by atoms with Crippen LogP contribution < -0.4 is 20.7 Å². The first-order valence-electron chi connectivity index (χ1n) is 9.59. The van der Waals surface area contributed by atoms with Gasteiger partial charge in [-0.2, -0.15) is 9.74 Å². The Morgan fingerprint density at radius 1 is 1.14 bits per heavy atom. The number of hydrogen-bond donors (Lipinski definition) is 1. The number of ether oxygens (including phenoxy) is 1. The molecule has 0 spiro atoms. The minimum Gasteiger partial charge on any atom is -0.456 e. The van der Waals surface area contributed by atoms with Crippen LogP contribution in [0.25, 0.3) is 0 Å². The van der Waals surface area contributed by atoms with Crippen molar-refractivity contribution in [2.45, 2.75) is 39.4 Å². The molecule has 3 aliphatic rings. The summed E-state index contributed by atoms with van der Waals surface area (Å²) >= 11 is 0. The Kier molecular flexibility index (Phi) is 4.09. The first-order chi connectivity index (χ1) is 13.5. The lowest BCUT2D eigenvalue weighted by Gasteiger charge is -2.35. The summed E-state index contributed by atoms with van der Waals surface area (Å²) in [5.41, 5.74) is 1.99. The molecule has 2 aromatic rings. The van der Waals surface area contributed by atoms with Crippen molar-refractivity contribution in [2.24, 2.45) is 16.3 Å². The number of nitrogens with zero attached hydrogens (tertiary/aromatic N) is 3. The van der Waals surface area contributed by atoms with Crippen molar-refractivity contribution in [2.75, 3.05) is 6.54 Å². The molecule has 1 N–H and O–H groups in total. The molecule has 146 valence electrons. The van der Waals surface area contributed by atoms with E-state index in [1.807, 2.05) is 50.2 Å². The predicted molar refractivity (Wildman–Crippen MR) is 106 cm³/mol. The van der Waals surface area contributed by atoms with E-state index >= 15 is 0 Å². The second-order valence-corrected chi connectivity index (χ2v) is 10.1. The van der Waals surface area contributed by atoms with Crippen LogP contribution in [0.5, 0.6) is 11.5 Å². The summed E-state index contributed by atoms with van der Waals surface area (Å²) in [6.45, 7) is 6.94. The van der Waals surface area contributed by atoms with Gasteiger partial charge in [-0.05, 0) is 62.2 Å². The van der Waals surface area contributed by atoms with E-state index in [4.69, 9.17) is 9.36 Å². The minimum atomic E-state index is -3.47. The first kappa shape index (κ1) is 17.9. The number of piperidine rings is 1. The van der Waals surface area contributed by atoms with Crippen LogP contribution in [0.3, 0.4) is 0 Å². The topological polar surface area (TPSA) is 75.5 Å². The van der Waals surface area contributed by atoms with Gasteiger partial charge in [0.15, 0.2) is 6.17 Å². The van der Waals surface area contributed by atoms with Gasteiger partial charge < -0.3 is 4.74 Å². The van der Waals surface area contributed by atoms with Crippen molar-refractivity contribution in [3.05, 3.63) is 47.5 Å². The summed E-state index contributed by atoms with van der Waals surface area (Å²) in [6, 6.07) is 11.3. The monoisotopic (exact) mass is 398 g/mol. The van der Waals surface area contributed by atoms with Crippen molar-refractivity contribution in [3.63, 3.8) is 0 Å². The van der Waals surface area contributed by atoms with Gasteiger partial charge in [0, 0.05) is 0 Å². The molecule has 1 saturated heterocycles. The van der Waals surface area contributed by atoms with Gasteiger partial charge in [-0.1, -0.05) is 30.2 Å². The average molecular weight is 398 g/mol. The molecular formula is C20H23N4O3P. The number of benzene rings is 2. The highest BCUT2D eigenvalue weighted by Gasteiger charge is 2.47.